The van der Waals surface area contributed by atoms with E-state index in [9.17, 15) is 0 Å². The van der Waals surface area contributed by atoms with Crippen LogP contribution in [0.3, 0.4) is 0 Å². The number of rotatable bonds is 2. The van der Waals surface area contributed by atoms with Gasteiger partial charge in [0, 0.05) is 38.1 Å². The Kier molecular flexibility index (Phi) is 4.85. The first-order valence-corrected chi connectivity index (χ1v) is 4.69. The Morgan fingerprint density at radius 2 is 2.12 bits per heavy atom. The summed E-state index contributed by atoms with van der Waals surface area (Å²) in [5.41, 5.74) is 2.70. The van der Waals surface area contributed by atoms with Crippen LogP contribution in [0.4, 0.5) is 0 Å². The van der Waals surface area contributed by atoms with E-state index in [1.807, 2.05) is 24.3 Å². The molecule has 3 heteroatoms. The predicted molar refractivity (Wildman–Crippen MR) is 57.0 cm³/mol. The minimum atomic E-state index is 0. The minimum Gasteiger partial charge on any atom is -0.261 e. The van der Waals surface area contributed by atoms with Crippen molar-refractivity contribution in [2.75, 3.05) is 0 Å². The predicted octanol–water partition coefficient (Wildman–Crippen LogP) is 2.34. The van der Waals surface area contributed by atoms with Gasteiger partial charge < -0.3 is 0 Å². The van der Waals surface area contributed by atoms with Crippen molar-refractivity contribution in [1.29, 1.82) is 5.26 Å². The summed E-state index contributed by atoms with van der Waals surface area (Å²) in [5, 5.41) is 8.64. The van der Waals surface area contributed by atoms with Crippen LogP contribution in [-0.2, 0) is 26.5 Å². The fraction of sp³-hybridized carbons (Fsp3) is 0.0769. The van der Waals surface area contributed by atoms with Crippen molar-refractivity contribution >= 4 is 0 Å². The Labute approximate surface area is 108 Å². The van der Waals surface area contributed by atoms with Gasteiger partial charge >= 0.3 is 0 Å². The van der Waals surface area contributed by atoms with Gasteiger partial charge in [-0.05, 0) is 18.6 Å². The van der Waals surface area contributed by atoms with Crippen LogP contribution in [0.5, 0.6) is 0 Å². The SMILES string of the molecule is N#Cc1c[c-]c(Cc2ccccn2)cc1.[Ir]. The fourth-order valence-corrected chi connectivity index (χ4v) is 1.33. The molecule has 1 heterocycles. The maximum Gasteiger partial charge on any atom is 0.0426 e. The van der Waals surface area contributed by atoms with Crippen LogP contribution in [0.1, 0.15) is 16.8 Å². The molecule has 0 N–H and O–H groups in total. The van der Waals surface area contributed by atoms with Gasteiger partial charge in [-0.15, -0.1) is 0 Å². The zero-order valence-corrected chi connectivity index (χ0v) is 10.9. The van der Waals surface area contributed by atoms with Gasteiger partial charge in [0.2, 0.25) is 0 Å². The third-order valence-corrected chi connectivity index (χ3v) is 2.10. The third kappa shape index (κ3) is 3.27. The topological polar surface area (TPSA) is 36.7 Å². The van der Waals surface area contributed by atoms with Gasteiger partial charge in [-0.25, -0.2) is 5.26 Å². The maximum absolute atomic E-state index is 8.64. The Morgan fingerprint density at radius 1 is 1.25 bits per heavy atom. The number of nitrogens with zero attached hydrogens (tertiary/aromatic N) is 2. The Balaban J connectivity index is 0.00000128. The molecule has 0 amide bonds. The monoisotopic (exact) mass is 386 g/mol. The Morgan fingerprint density at radius 3 is 2.69 bits per heavy atom. The first-order valence-electron chi connectivity index (χ1n) is 4.69. The van der Waals surface area contributed by atoms with Crippen LogP contribution in [-0.4, -0.2) is 4.98 Å². The van der Waals surface area contributed by atoms with Gasteiger partial charge in [0.1, 0.15) is 0 Å². The summed E-state index contributed by atoms with van der Waals surface area (Å²) in [5.74, 6) is 0. The zero-order valence-electron chi connectivity index (χ0n) is 8.48. The van der Waals surface area contributed by atoms with Gasteiger partial charge in [0.05, 0.1) is 0 Å². The van der Waals surface area contributed by atoms with Crippen molar-refractivity contribution < 1.29 is 20.1 Å². The second-order valence-electron chi connectivity index (χ2n) is 3.21. The standard InChI is InChI=1S/C13H9N2.Ir/c14-10-12-6-4-11(5-7-12)9-13-3-1-2-8-15-13;/h1-4,6-8H,9H2;/q-1;. The van der Waals surface area contributed by atoms with E-state index in [2.05, 4.69) is 17.1 Å². The Hall–Kier alpha value is -1.49. The molecule has 0 spiro atoms. The normalized spacial score (nSPS) is 8.94. The number of hydrogen-bond donors (Lipinski definition) is 0. The molecule has 0 saturated carbocycles. The molecule has 16 heavy (non-hydrogen) atoms. The molecule has 0 aliphatic heterocycles. The summed E-state index contributed by atoms with van der Waals surface area (Å²) in [4.78, 5) is 4.23. The largest absolute Gasteiger partial charge is 0.261 e. The summed E-state index contributed by atoms with van der Waals surface area (Å²) in [7, 11) is 0. The summed E-state index contributed by atoms with van der Waals surface area (Å²) >= 11 is 0. The van der Waals surface area contributed by atoms with Gasteiger partial charge in [0.25, 0.3) is 0 Å². The van der Waals surface area contributed by atoms with Crippen molar-refractivity contribution in [3.8, 4) is 6.07 Å². The zero-order chi connectivity index (χ0) is 10.5. The molecule has 0 unspecified atom stereocenters. The van der Waals surface area contributed by atoms with E-state index in [-0.39, 0.29) is 20.1 Å². The van der Waals surface area contributed by atoms with Crippen LogP contribution >= 0.6 is 0 Å². The molecule has 0 fully saturated rings. The second-order valence-corrected chi connectivity index (χ2v) is 3.21. The molecule has 81 valence electrons. The van der Waals surface area contributed by atoms with Crippen LogP contribution in [0.15, 0.2) is 42.6 Å². The second kappa shape index (κ2) is 6.17. The number of hydrogen-bond acceptors (Lipinski definition) is 2. The van der Waals surface area contributed by atoms with E-state index in [0.29, 0.717) is 5.56 Å². The van der Waals surface area contributed by atoms with Crippen LogP contribution in [0.25, 0.3) is 0 Å². The van der Waals surface area contributed by atoms with Crippen molar-refractivity contribution in [3.05, 3.63) is 65.5 Å². The average molecular weight is 385 g/mol. The molecule has 0 bridgehead atoms. The summed E-state index contributed by atoms with van der Waals surface area (Å²) in [6.07, 6.45) is 2.53. The smallest absolute Gasteiger partial charge is 0.0426 e. The van der Waals surface area contributed by atoms with E-state index in [4.69, 9.17) is 5.26 Å². The van der Waals surface area contributed by atoms with Crippen LogP contribution in [0, 0.1) is 17.4 Å². The van der Waals surface area contributed by atoms with E-state index >= 15 is 0 Å². The van der Waals surface area contributed by atoms with Crippen LogP contribution in [0.2, 0.25) is 0 Å². The fourth-order valence-electron chi connectivity index (χ4n) is 1.33. The summed E-state index contributed by atoms with van der Waals surface area (Å²) in [6, 6.07) is 16.4. The van der Waals surface area contributed by atoms with Gasteiger partial charge in [-0.2, -0.15) is 29.8 Å². The van der Waals surface area contributed by atoms with E-state index < -0.39 is 0 Å². The molecule has 1 aromatic carbocycles. The maximum atomic E-state index is 8.64. The molecule has 1 radical (unpaired) electrons. The summed E-state index contributed by atoms with van der Waals surface area (Å²) in [6.45, 7) is 0. The third-order valence-electron chi connectivity index (χ3n) is 2.10. The van der Waals surface area contributed by atoms with Gasteiger partial charge in [-0.1, -0.05) is 11.6 Å². The molecular formula is C13H9IrN2-. The molecular weight excluding hydrogens is 376 g/mol. The van der Waals surface area contributed by atoms with E-state index in [0.717, 1.165) is 17.7 Å². The first-order chi connectivity index (χ1) is 7.38. The van der Waals surface area contributed by atoms with Crippen molar-refractivity contribution in [1.82, 2.24) is 4.98 Å². The van der Waals surface area contributed by atoms with Crippen LogP contribution < -0.4 is 0 Å². The van der Waals surface area contributed by atoms with Crippen molar-refractivity contribution in [3.63, 3.8) is 0 Å². The molecule has 0 aliphatic carbocycles. The molecule has 0 saturated heterocycles. The molecule has 2 rings (SSSR count). The number of pyridine rings is 1. The Bertz CT molecular complexity index is 472. The van der Waals surface area contributed by atoms with E-state index in [1.54, 1.807) is 18.3 Å². The van der Waals surface area contributed by atoms with Gasteiger partial charge in [-0.3, -0.25) is 4.98 Å². The minimum absolute atomic E-state index is 0. The quantitative estimate of drug-likeness (QED) is 0.744. The first kappa shape index (κ1) is 12.6. The molecule has 0 aliphatic rings. The van der Waals surface area contributed by atoms with Gasteiger partial charge in [0.15, 0.2) is 0 Å². The van der Waals surface area contributed by atoms with Crippen molar-refractivity contribution in [2.24, 2.45) is 0 Å². The molecule has 0 atom stereocenters. The molecule has 2 nitrogen and oxygen atoms in total. The van der Waals surface area contributed by atoms with E-state index in [1.165, 1.54) is 0 Å². The summed E-state index contributed by atoms with van der Waals surface area (Å²) < 4.78 is 0. The average Bonchev–Trinajstić information content (AvgIpc) is 2.31. The number of nitriles is 1. The van der Waals surface area contributed by atoms with Crippen molar-refractivity contribution in [2.45, 2.75) is 6.42 Å². The molecule has 2 aromatic rings. The number of benzene rings is 1. The number of aromatic nitrogens is 1. The molecule has 1 aromatic heterocycles.